The summed E-state index contributed by atoms with van der Waals surface area (Å²) in [4.78, 5) is 33.1. The Hall–Kier alpha value is -2.73. The van der Waals surface area contributed by atoms with E-state index < -0.39 is 6.09 Å². The van der Waals surface area contributed by atoms with Crippen LogP contribution in [0.4, 0.5) is 4.79 Å². The molecule has 6 rings (SSSR count). The van der Waals surface area contributed by atoms with E-state index in [4.69, 9.17) is 14.3 Å². The van der Waals surface area contributed by atoms with Crippen LogP contribution in [0.1, 0.15) is 96.6 Å². The molecule has 1 aliphatic carbocycles. The fraction of sp³-hybridized carbons (Fsp3) is 0.676. The summed E-state index contributed by atoms with van der Waals surface area (Å²) in [5.74, 6) is 1.10. The van der Waals surface area contributed by atoms with Crippen molar-refractivity contribution < 1.29 is 23.6 Å². The summed E-state index contributed by atoms with van der Waals surface area (Å²) < 4.78 is 17.3. The van der Waals surface area contributed by atoms with E-state index in [1.165, 1.54) is 61.4 Å². The molecule has 11 heteroatoms. The number of nitrogens with one attached hydrogen (secondary N) is 2. The van der Waals surface area contributed by atoms with Crippen LogP contribution < -0.4 is 10.8 Å². The molecule has 10 nitrogen and oxygen atoms in total. The van der Waals surface area contributed by atoms with Crippen LogP contribution in [0.15, 0.2) is 18.3 Å². The maximum Gasteiger partial charge on any atom is 0.495 e. The lowest BCUT2D eigenvalue weighted by Crippen LogP contribution is -2.42. The molecule has 4 heterocycles. The zero-order valence-corrected chi connectivity index (χ0v) is 28.9. The number of carbonyl (C=O) groups excluding carboxylic acids is 2. The Morgan fingerprint density at radius 3 is 2.40 bits per heavy atom. The number of nitrogens with zero attached hydrogens (tertiary/aromatic N) is 3. The van der Waals surface area contributed by atoms with Gasteiger partial charge in [0.15, 0.2) is 0 Å². The molecule has 1 aromatic carbocycles. The van der Waals surface area contributed by atoms with Crippen molar-refractivity contribution in [3.63, 3.8) is 0 Å². The van der Waals surface area contributed by atoms with Gasteiger partial charge < -0.3 is 34.0 Å². The summed E-state index contributed by atoms with van der Waals surface area (Å²) in [6, 6.07) is 4.97. The third-order valence-corrected chi connectivity index (χ3v) is 10.0. The molecule has 0 saturated carbocycles. The van der Waals surface area contributed by atoms with Crippen molar-refractivity contribution in [1.29, 1.82) is 0 Å². The largest absolute Gasteiger partial charge is 0.495 e. The summed E-state index contributed by atoms with van der Waals surface area (Å²) in [6.45, 7) is 16.2. The highest BCUT2D eigenvalue weighted by Gasteiger charge is 2.55. The third-order valence-electron chi connectivity index (χ3n) is 10.0. The summed E-state index contributed by atoms with van der Waals surface area (Å²) >= 11 is 0. The van der Waals surface area contributed by atoms with Crippen LogP contribution in [0.2, 0.25) is 0 Å². The molecule has 45 heavy (non-hydrogen) atoms. The van der Waals surface area contributed by atoms with Crippen LogP contribution in [-0.4, -0.2) is 97.9 Å². The minimum absolute atomic E-state index is 0.00662. The molecule has 2 atom stereocenters. The highest BCUT2D eigenvalue weighted by molar-refractivity contribution is 6.62. The van der Waals surface area contributed by atoms with Gasteiger partial charge in [0, 0.05) is 17.5 Å². The molecule has 4 aliphatic rings. The Kier molecular flexibility index (Phi) is 11.2. The van der Waals surface area contributed by atoms with E-state index in [0.29, 0.717) is 12.3 Å². The maximum absolute atomic E-state index is 10.1. The minimum Gasteiger partial charge on any atom is -0.453 e. The average molecular weight is 624 g/mol. The number of methoxy groups -OCH3 is 1. The van der Waals surface area contributed by atoms with Crippen molar-refractivity contribution in [2.45, 2.75) is 103 Å². The van der Waals surface area contributed by atoms with Gasteiger partial charge in [-0.3, -0.25) is 4.90 Å². The van der Waals surface area contributed by atoms with Crippen LogP contribution in [0.5, 0.6) is 0 Å². The molecular formula is C34H54BN5O5. The number of rotatable bonds is 5. The quantitative estimate of drug-likeness (QED) is 0.367. The molecule has 0 radical (unpaired) electrons. The number of carbonyl (C=O) groups is 2. The SMILES string of the molecule is CCC.CN1CCC2(CCc3c(-c4cnc(C5CCCN5C)[nH]4)ccc(B4OC(C)(C)C(C)(C)O4)c32)C1.COC(=O)NCC=O. The molecule has 2 unspecified atom stereocenters. The number of hydrogen-bond donors (Lipinski definition) is 2. The number of benzene rings is 1. The first kappa shape index (κ1) is 35.1. The van der Waals surface area contributed by atoms with Gasteiger partial charge in [-0.2, -0.15) is 0 Å². The zero-order valence-electron chi connectivity index (χ0n) is 28.9. The smallest absolute Gasteiger partial charge is 0.453 e. The summed E-state index contributed by atoms with van der Waals surface area (Å²) in [5.41, 5.74) is 6.16. The number of aldehydes is 1. The second-order valence-electron chi connectivity index (χ2n) is 14.0. The van der Waals surface area contributed by atoms with E-state index in [0.717, 1.165) is 37.6 Å². The normalized spacial score (nSPS) is 24.9. The number of aromatic amines is 1. The fourth-order valence-electron chi connectivity index (χ4n) is 7.04. The van der Waals surface area contributed by atoms with Gasteiger partial charge in [0.05, 0.1) is 42.8 Å². The van der Waals surface area contributed by atoms with Crippen LogP contribution in [0, 0.1) is 0 Å². The number of likely N-dealkylation sites (N-methyl/N-ethyl adjacent to an activating group) is 1. The predicted octanol–water partition coefficient (Wildman–Crippen LogP) is 4.62. The first-order valence-electron chi connectivity index (χ1n) is 16.5. The van der Waals surface area contributed by atoms with Crippen molar-refractivity contribution >= 4 is 25.0 Å². The second kappa shape index (κ2) is 14.4. The Morgan fingerprint density at radius 2 is 1.84 bits per heavy atom. The zero-order chi connectivity index (χ0) is 33.0. The number of aromatic nitrogens is 2. The van der Waals surface area contributed by atoms with Crippen LogP contribution in [0.3, 0.4) is 0 Å². The topological polar surface area (TPSA) is 109 Å². The monoisotopic (exact) mass is 623 g/mol. The first-order chi connectivity index (χ1) is 21.3. The fourth-order valence-corrected chi connectivity index (χ4v) is 7.04. The van der Waals surface area contributed by atoms with Gasteiger partial charge in [0.25, 0.3) is 0 Å². The van der Waals surface area contributed by atoms with Crippen molar-refractivity contribution in [1.82, 2.24) is 25.1 Å². The first-order valence-corrected chi connectivity index (χ1v) is 16.5. The van der Waals surface area contributed by atoms with Gasteiger partial charge in [-0.15, -0.1) is 0 Å². The Bertz CT molecular complexity index is 1310. The lowest BCUT2D eigenvalue weighted by molar-refractivity contribution is -0.107. The molecule has 3 saturated heterocycles. The number of fused-ring (bicyclic) bond motifs is 2. The van der Waals surface area contributed by atoms with Gasteiger partial charge in [0.1, 0.15) is 12.1 Å². The summed E-state index contributed by atoms with van der Waals surface area (Å²) in [6.07, 6.45) is 9.22. The van der Waals surface area contributed by atoms with Gasteiger partial charge in [-0.1, -0.05) is 32.4 Å². The van der Waals surface area contributed by atoms with Gasteiger partial charge in [0.2, 0.25) is 0 Å². The Labute approximate surface area is 270 Å². The maximum atomic E-state index is 10.1. The van der Waals surface area contributed by atoms with E-state index in [1.54, 1.807) is 0 Å². The Morgan fingerprint density at radius 1 is 1.16 bits per heavy atom. The molecule has 1 amide bonds. The lowest BCUT2D eigenvalue weighted by atomic mass is 9.67. The molecular weight excluding hydrogens is 569 g/mol. The van der Waals surface area contributed by atoms with Crippen molar-refractivity contribution in [3.05, 3.63) is 35.3 Å². The van der Waals surface area contributed by atoms with Crippen LogP contribution in [0.25, 0.3) is 11.3 Å². The molecule has 0 bridgehead atoms. The van der Waals surface area contributed by atoms with Gasteiger partial charge >= 0.3 is 13.2 Å². The number of H-pyrrole nitrogens is 1. The molecule has 248 valence electrons. The highest BCUT2D eigenvalue weighted by Crippen LogP contribution is 2.48. The number of likely N-dealkylation sites (tertiary alicyclic amines) is 2. The molecule has 1 aromatic heterocycles. The minimum atomic E-state index is -0.586. The molecule has 2 aromatic rings. The van der Waals surface area contributed by atoms with E-state index in [-0.39, 0.29) is 30.3 Å². The molecule has 1 spiro atoms. The van der Waals surface area contributed by atoms with Crippen molar-refractivity contribution in [3.8, 4) is 11.3 Å². The number of imidazole rings is 1. The molecule has 3 aliphatic heterocycles. The third kappa shape index (κ3) is 7.32. The second-order valence-corrected chi connectivity index (χ2v) is 14.0. The average Bonchev–Trinajstić information content (AvgIpc) is 3.81. The Balaban J connectivity index is 0.000000363. The molecule has 3 fully saturated rings. The standard InChI is InChI=1S/C27H39BN4O2.C4H7NO3.C3H8/c1-25(2)26(3,4)34-28(33-25)20-10-9-18(19-11-12-27(23(19)20)13-15-31(5)17-27)21-16-29-24(30-21)22-8-7-14-32(22)6;1-8-4(7)5-2-3-6;1-3-2/h9-10,16,22H,7-8,11-15,17H2,1-6H3,(H,29,30);3H,2H2,1H3,(H,5,7);3H2,1-2H3. The van der Waals surface area contributed by atoms with Crippen LogP contribution >= 0.6 is 0 Å². The van der Waals surface area contributed by atoms with E-state index in [2.05, 4.69) is 98.8 Å². The van der Waals surface area contributed by atoms with Crippen molar-refractivity contribution in [2.24, 2.45) is 0 Å². The number of amides is 1. The summed E-state index contributed by atoms with van der Waals surface area (Å²) in [5, 5.41) is 2.15. The molecule has 2 N–H and O–H groups in total. The predicted molar refractivity (Wildman–Crippen MR) is 179 cm³/mol. The van der Waals surface area contributed by atoms with E-state index in [1.807, 2.05) is 0 Å². The lowest BCUT2D eigenvalue weighted by Gasteiger charge is -2.32. The van der Waals surface area contributed by atoms with Gasteiger partial charge in [-0.05, 0) is 104 Å². The number of hydrogen-bond acceptors (Lipinski definition) is 8. The van der Waals surface area contributed by atoms with E-state index in [9.17, 15) is 9.59 Å². The van der Waals surface area contributed by atoms with Crippen LogP contribution in [-0.2, 0) is 30.7 Å². The van der Waals surface area contributed by atoms with E-state index >= 15 is 0 Å². The highest BCUT2D eigenvalue weighted by atomic mass is 16.7. The summed E-state index contributed by atoms with van der Waals surface area (Å²) in [7, 11) is 5.38. The van der Waals surface area contributed by atoms with Gasteiger partial charge in [-0.25, -0.2) is 9.78 Å². The van der Waals surface area contributed by atoms with Crippen molar-refractivity contribution in [2.75, 3.05) is 47.4 Å². The number of alkyl carbamates (subject to hydrolysis) is 1. The number of ether oxygens (including phenoxy) is 1.